The zero-order valence-corrected chi connectivity index (χ0v) is 13.4. The Kier molecular flexibility index (Phi) is 3.57. The average molecular weight is 325 g/mol. The van der Waals surface area contributed by atoms with E-state index in [1.807, 2.05) is 0 Å². The number of nitrogens with one attached hydrogen (secondary N) is 1. The summed E-state index contributed by atoms with van der Waals surface area (Å²) in [4.78, 5) is 16.8. The Morgan fingerprint density at radius 3 is 3.08 bits per heavy atom. The summed E-state index contributed by atoms with van der Waals surface area (Å²) >= 11 is 0. The highest BCUT2D eigenvalue weighted by atomic mass is 16.4. The number of carbonyl (C=O) groups is 1. The van der Waals surface area contributed by atoms with E-state index in [2.05, 4.69) is 51.4 Å². The monoisotopic (exact) mass is 325 g/mol. The van der Waals surface area contributed by atoms with E-state index in [4.69, 9.17) is 5.11 Å². The van der Waals surface area contributed by atoms with Crippen LogP contribution in [0.5, 0.6) is 0 Å². The number of benzene rings is 1. The first-order valence-electron chi connectivity index (χ1n) is 8.05. The number of H-pyrrole nitrogens is 1. The number of fused-ring (bicyclic) bond motifs is 1. The summed E-state index contributed by atoms with van der Waals surface area (Å²) in [6.07, 6.45) is 2.46. The topological polar surface area (TPSA) is 87.0 Å². The maximum atomic E-state index is 10.9. The third-order valence-electron chi connectivity index (χ3n) is 4.68. The predicted molar refractivity (Wildman–Crippen MR) is 88.9 cm³/mol. The van der Waals surface area contributed by atoms with Crippen molar-refractivity contribution in [3.8, 4) is 0 Å². The molecule has 1 saturated heterocycles. The number of likely N-dealkylation sites (tertiary alicyclic amines) is 1. The lowest BCUT2D eigenvalue weighted by molar-refractivity contribution is 0.0690. The lowest BCUT2D eigenvalue weighted by Crippen LogP contribution is -2.21. The lowest BCUT2D eigenvalue weighted by Gasteiger charge is -2.14. The predicted octanol–water partition coefficient (Wildman–Crippen LogP) is 2.21. The van der Waals surface area contributed by atoms with Gasteiger partial charge in [0, 0.05) is 36.2 Å². The molecular weight excluding hydrogens is 306 g/mol. The molecule has 0 bridgehead atoms. The van der Waals surface area contributed by atoms with Gasteiger partial charge >= 0.3 is 5.97 Å². The van der Waals surface area contributed by atoms with Gasteiger partial charge in [0.05, 0.1) is 12.2 Å². The average Bonchev–Trinajstić information content (AvgIpc) is 3.25. The summed E-state index contributed by atoms with van der Waals surface area (Å²) < 4.78 is 1.68. The van der Waals surface area contributed by atoms with Crippen LogP contribution in [0.25, 0.3) is 10.9 Å². The number of hydrogen-bond donors (Lipinski definition) is 2. The van der Waals surface area contributed by atoms with Gasteiger partial charge in [0.2, 0.25) is 0 Å². The molecule has 1 unspecified atom stereocenters. The van der Waals surface area contributed by atoms with E-state index < -0.39 is 5.97 Å². The maximum absolute atomic E-state index is 10.9. The molecule has 1 aromatic carbocycles. The van der Waals surface area contributed by atoms with Crippen molar-refractivity contribution in [2.24, 2.45) is 0 Å². The second-order valence-corrected chi connectivity index (χ2v) is 6.40. The molecule has 0 radical (unpaired) electrons. The second kappa shape index (κ2) is 5.76. The number of rotatable bonds is 4. The molecule has 1 aliphatic heterocycles. The van der Waals surface area contributed by atoms with Gasteiger partial charge in [-0.25, -0.2) is 9.48 Å². The minimum atomic E-state index is -1.04. The molecule has 124 valence electrons. The van der Waals surface area contributed by atoms with Crippen molar-refractivity contribution in [1.29, 1.82) is 0 Å². The van der Waals surface area contributed by atoms with E-state index in [0.29, 0.717) is 0 Å². The summed E-state index contributed by atoms with van der Waals surface area (Å²) in [5.74, 6) is -1.04. The summed E-state index contributed by atoms with van der Waals surface area (Å²) in [6, 6.07) is 8.68. The third kappa shape index (κ3) is 2.67. The molecule has 7 heteroatoms. The molecular formula is C17H19N5O2. The van der Waals surface area contributed by atoms with E-state index in [1.165, 1.54) is 28.4 Å². The quantitative estimate of drug-likeness (QED) is 0.768. The van der Waals surface area contributed by atoms with Crippen molar-refractivity contribution in [3.05, 3.63) is 47.4 Å². The lowest BCUT2D eigenvalue weighted by atomic mass is 10.1. The van der Waals surface area contributed by atoms with Crippen molar-refractivity contribution >= 4 is 16.9 Å². The minimum absolute atomic E-state index is 0.000423. The zero-order valence-electron chi connectivity index (χ0n) is 13.4. The summed E-state index contributed by atoms with van der Waals surface area (Å²) in [5, 5.41) is 17.9. The van der Waals surface area contributed by atoms with E-state index in [0.717, 1.165) is 26.1 Å². The van der Waals surface area contributed by atoms with Gasteiger partial charge in [-0.05, 0) is 31.0 Å². The molecule has 0 aliphatic carbocycles. The molecule has 2 aromatic heterocycles. The fraction of sp³-hybridized carbons (Fsp3) is 0.353. The Morgan fingerprint density at radius 2 is 2.33 bits per heavy atom. The molecule has 1 aliphatic rings. The van der Waals surface area contributed by atoms with Gasteiger partial charge in [0.15, 0.2) is 5.69 Å². The highest BCUT2D eigenvalue weighted by molar-refractivity contribution is 5.84. The van der Waals surface area contributed by atoms with Gasteiger partial charge in [-0.15, -0.1) is 5.10 Å². The van der Waals surface area contributed by atoms with Crippen LogP contribution in [0.15, 0.2) is 30.5 Å². The summed E-state index contributed by atoms with van der Waals surface area (Å²) in [6.45, 7) is 4.78. The first-order valence-corrected chi connectivity index (χ1v) is 8.05. The van der Waals surface area contributed by atoms with Crippen molar-refractivity contribution in [3.63, 3.8) is 0 Å². The van der Waals surface area contributed by atoms with Crippen LogP contribution in [0.1, 0.15) is 34.2 Å². The normalized spacial score (nSPS) is 18.5. The van der Waals surface area contributed by atoms with E-state index in [9.17, 15) is 4.79 Å². The first-order chi connectivity index (χ1) is 11.6. The minimum Gasteiger partial charge on any atom is -0.476 e. The van der Waals surface area contributed by atoms with Crippen LogP contribution < -0.4 is 0 Å². The molecule has 24 heavy (non-hydrogen) atoms. The van der Waals surface area contributed by atoms with Crippen molar-refractivity contribution < 1.29 is 9.90 Å². The standard InChI is InChI=1S/C17H19N5O2/c1-11-3-2-4-15-14(11)7-12(18-15)8-21-6-5-13(9-21)22-10-16(17(23)24)19-20-22/h2-4,7,10,13,18H,5-6,8-9H2,1H3,(H,23,24). The molecule has 1 atom stereocenters. The van der Waals surface area contributed by atoms with Gasteiger partial charge < -0.3 is 10.1 Å². The van der Waals surface area contributed by atoms with Crippen molar-refractivity contribution in [2.45, 2.75) is 25.9 Å². The SMILES string of the molecule is Cc1cccc2[nH]c(CN3CCC(n4cc(C(=O)O)nn4)C3)cc12. The van der Waals surface area contributed by atoms with Crippen LogP contribution in [0.4, 0.5) is 0 Å². The zero-order chi connectivity index (χ0) is 16.7. The van der Waals surface area contributed by atoms with Crippen molar-refractivity contribution in [1.82, 2.24) is 24.9 Å². The third-order valence-corrected chi connectivity index (χ3v) is 4.68. The van der Waals surface area contributed by atoms with Crippen LogP contribution in [0.2, 0.25) is 0 Å². The molecule has 3 aromatic rings. The Labute approximate surface area is 138 Å². The number of aromatic nitrogens is 4. The molecule has 4 rings (SSSR count). The van der Waals surface area contributed by atoms with E-state index in [1.54, 1.807) is 4.68 Å². The Morgan fingerprint density at radius 1 is 1.46 bits per heavy atom. The summed E-state index contributed by atoms with van der Waals surface area (Å²) in [5.41, 5.74) is 3.64. The highest BCUT2D eigenvalue weighted by Crippen LogP contribution is 2.24. The second-order valence-electron chi connectivity index (χ2n) is 6.40. The van der Waals surface area contributed by atoms with E-state index >= 15 is 0 Å². The number of aromatic carboxylic acids is 1. The fourth-order valence-electron chi connectivity index (χ4n) is 3.42. The Hall–Kier alpha value is -2.67. The number of carboxylic acids is 1. The van der Waals surface area contributed by atoms with Crippen LogP contribution in [0, 0.1) is 6.92 Å². The number of aromatic amines is 1. The molecule has 1 fully saturated rings. The van der Waals surface area contributed by atoms with Crippen LogP contribution in [-0.2, 0) is 6.54 Å². The maximum Gasteiger partial charge on any atom is 0.358 e. The molecule has 0 amide bonds. The number of aryl methyl sites for hydroxylation is 1. The molecule has 0 spiro atoms. The van der Waals surface area contributed by atoms with Crippen molar-refractivity contribution in [2.75, 3.05) is 13.1 Å². The van der Waals surface area contributed by atoms with Gasteiger partial charge in [-0.2, -0.15) is 0 Å². The first kappa shape index (κ1) is 14.9. The molecule has 3 heterocycles. The number of carboxylic acid groups (broad SMARTS) is 1. The van der Waals surface area contributed by atoms with Gasteiger partial charge in [0.25, 0.3) is 0 Å². The van der Waals surface area contributed by atoms with Gasteiger partial charge in [0.1, 0.15) is 0 Å². The van der Waals surface area contributed by atoms with Crippen LogP contribution in [0.3, 0.4) is 0 Å². The van der Waals surface area contributed by atoms with E-state index in [-0.39, 0.29) is 11.7 Å². The Balaban J connectivity index is 1.46. The molecule has 2 N–H and O–H groups in total. The highest BCUT2D eigenvalue weighted by Gasteiger charge is 2.26. The van der Waals surface area contributed by atoms with Crippen LogP contribution in [-0.4, -0.2) is 49.0 Å². The molecule has 7 nitrogen and oxygen atoms in total. The molecule has 0 saturated carbocycles. The van der Waals surface area contributed by atoms with Gasteiger partial charge in [-0.1, -0.05) is 17.3 Å². The Bertz CT molecular complexity index is 897. The smallest absolute Gasteiger partial charge is 0.358 e. The number of nitrogens with zero attached hydrogens (tertiary/aromatic N) is 4. The van der Waals surface area contributed by atoms with Gasteiger partial charge in [-0.3, -0.25) is 4.90 Å². The summed E-state index contributed by atoms with van der Waals surface area (Å²) in [7, 11) is 0. The largest absolute Gasteiger partial charge is 0.476 e. The number of hydrogen-bond acceptors (Lipinski definition) is 4. The fourth-order valence-corrected chi connectivity index (χ4v) is 3.42. The van der Waals surface area contributed by atoms with Crippen LogP contribution >= 0.6 is 0 Å².